The molecule has 3 atom stereocenters. The number of hydrogen-bond donors (Lipinski definition) is 3. The summed E-state index contributed by atoms with van der Waals surface area (Å²) in [6.45, 7) is 1.74. The molecule has 3 N–H and O–H groups in total. The first-order chi connectivity index (χ1) is 9.87. The van der Waals surface area contributed by atoms with Crippen molar-refractivity contribution in [3.05, 3.63) is 0 Å². The lowest BCUT2D eigenvalue weighted by atomic mass is 9.87. The van der Waals surface area contributed by atoms with Gasteiger partial charge in [0.1, 0.15) is 0 Å². The van der Waals surface area contributed by atoms with Gasteiger partial charge in [0.05, 0.1) is 24.9 Å². The standard InChI is InChI=1S/C13H25N3O4S/c1-21(19,20)14-9-12(17)15-10-5-4-6-11(13(10)18)16-7-2-3-8-16/h10-11,13-14,18H,2-9H2,1H3,(H,15,17)/t10-,11-,13-/m1/s1. The molecule has 2 rings (SSSR count). The van der Waals surface area contributed by atoms with Crippen molar-refractivity contribution in [1.29, 1.82) is 0 Å². The van der Waals surface area contributed by atoms with Crippen molar-refractivity contribution >= 4 is 15.9 Å². The molecule has 0 unspecified atom stereocenters. The second-order valence-electron chi connectivity index (χ2n) is 6.00. The third kappa shape index (κ3) is 4.91. The first-order valence-electron chi connectivity index (χ1n) is 7.53. The molecule has 0 aromatic rings. The lowest BCUT2D eigenvalue weighted by Gasteiger charge is -2.40. The summed E-state index contributed by atoms with van der Waals surface area (Å²) < 4.78 is 24.1. The van der Waals surface area contributed by atoms with Crippen molar-refractivity contribution < 1.29 is 18.3 Å². The highest BCUT2D eigenvalue weighted by Gasteiger charge is 2.36. The van der Waals surface area contributed by atoms with Crippen LogP contribution in [0.3, 0.4) is 0 Å². The number of carbonyl (C=O) groups is 1. The number of aliphatic hydroxyl groups excluding tert-OH is 1. The fourth-order valence-electron chi connectivity index (χ4n) is 3.24. The van der Waals surface area contributed by atoms with E-state index in [1.165, 1.54) is 12.8 Å². The number of nitrogens with zero attached hydrogens (tertiary/aromatic N) is 1. The topological polar surface area (TPSA) is 98.7 Å². The maximum absolute atomic E-state index is 11.8. The zero-order chi connectivity index (χ0) is 15.5. The number of carbonyl (C=O) groups excluding carboxylic acids is 1. The fourth-order valence-corrected chi connectivity index (χ4v) is 3.63. The van der Waals surface area contributed by atoms with Crippen LogP contribution in [-0.2, 0) is 14.8 Å². The minimum atomic E-state index is -3.38. The largest absolute Gasteiger partial charge is 0.389 e. The first-order valence-corrected chi connectivity index (χ1v) is 9.42. The van der Waals surface area contributed by atoms with Crippen LogP contribution in [0.5, 0.6) is 0 Å². The van der Waals surface area contributed by atoms with Crippen molar-refractivity contribution in [2.75, 3.05) is 25.9 Å². The molecule has 2 fully saturated rings. The highest BCUT2D eigenvalue weighted by Crippen LogP contribution is 2.26. The van der Waals surface area contributed by atoms with E-state index in [9.17, 15) is 18.3 Å². The highest BCUT2D eigenvalue weighted by molar-refractivity contribution is 7.88. The van der Waals surface area contributed by atoms with Gasteiger partial charge in [-0.25, -0.2) is 13.1 Å². The van der Waals surface area contributed by atoms with Gasteiger partial charge in [-0.2, -0.15) is 0 Å². The van der Waals surface area contributed by atoms with Gasteiger partial charge in [-0.1, -0.05) is 0 Å². The fraction of sp³-hybridized carbons (Fsp3) is 0.923. The minimum absolute atomic E-state index is 0.106. The van der Waals surface area contributed by atoms with Gasteiger partial charge in [0.2, 0.25) is 15.9 Å². The molecule has 8 heteroatoms. The van der Waals surface area contributed by atoms with Gasteiger partial charge >= 0.3 is 0 Å². The van der Waals surface area contributed by atoms with E-state index in [0.717, 1.165) is 38.6 Å². The number of aliphatic hydroxyl groups is 1. The van der Waals surface area contributed by atoms with E-state index in [0.29, 0.717) is 0 Å². The molecular weight excluding hydrogens is 294 g/mol. The first kappa shape index (κ1) is 16.7. The number of nitrogens with one attached hydrogen (secondary N) is 2. The summed E-state index contributed by atoms with van der Waals surface area (Å²) in [5.74, 6) is -0.397. The monoisotopic (exact) mass is 319 g/mol. The average molecular weight is 319 g/mol. The zero-order valence-corrected chi connectivity index (χ0v) is 13.2. The predicted molar refractivity (Wildman–Crippen MR) is 79.2 cm³/mol. The van der Waals surface area contributed by atoms with Gasteiger partial charge in [-0.3, -0.25) is 9.69 Å². The molecule has 122 valence electrons. The Bertz CT molecular complexity index is 462. The zero-order valence-electron chi connectivity index (χ0n) is 12.4. The molecule has 0 bridgehead atoms. The Hall–Kier alpha value is -0.700. The number of likely N-dealkylation sites (tertiary alicyclic amines) is 1. The van der Waals surface area contributed by atoms with Crippen molar-refractivity contribution in [3.8, 4) is 0 Å². The molecule has 0 spiro atoms. The highest BCUT2D eigenvalue weighted by atomic mass is 32.2. The molecular formula is C13H25N3O4S. The second kappa shape index (κ2) is 7.04. The molecule has 7 nitrogen and oxygen atoms in total. The molecule has 0 aromatic heterocycles. The Morgan fingerprint density at radius 1 is 1.24 bits per heavy atom. The van der Waals surface area contributed by atoms with Gasteiger partial charge < -0.3 is 10.4 Å². The molecule has 1 amide bonds. The van der Waals surface area contributed by atoms with Gasteiger partial charge in [-0.05, 0) is 45.2 Å². The van der Waals surface area contributed by atoms with E-state index >= 15 is 0 Å². The Kier molecular flexibility index (Phi) is 5.59. The Morgan fingerprint density at radius 2 is 1.90 bits per heavy atom. The number of hydrogen-bond acceptors (Lipinski definition) is 5. The summed E-state index contributed by atoms with van der Waals surface area (Å²) in [7, 11) is -3.38. The van der Waals surface area contributed by atoms with Crippen LogP contribution < -0.4 is 10.0 Å². The maximum atomic E-state index is 11.8. The average Bonchev–Trinajstić information content (AvgIpc) is 2.92. The van der Waals surface area contributed by atoms with Gasteiger partial charge in [0.25, 0.3) is 0 Å². The summed E-state index contributed by atoms with van der Waals surface area (Å²) in [5, 5.41) is 13.2. The van der Waals surface area contributed by atoms with E-state index in [1.54, 1.807) is 0 Å². The van der Waals surface area contributed by atoms with Crippen LogP contribution in [0.25, 0.3) is 0 Å². The van der Waals surface area contributed by atoms with Gasteiger partial charge in [-0.15, -0.1) is 0 Å². The lowest BCUT2D eigenvalue weighted by molar-refractivity contribution is -0.122. The summed E-state index contributed by atoms with van der Waals surface area (Å²) in [6.07, 6.45) is 5.41. The van der Waals surface area contributed by atoms with Crippen molar-refractivity contribution in [3.63, 3.8) is 0 Å². The van der Waals surface area contributed by atoms with Gasteiger partial charge in [0.15, 0.2) is 0 Å². The molecule has 1 aliphatic carbocycles. The maximum Gasteiger partial charge on any atom is 0.235 e. The van der Waals surface area contributed by atoms with E-state index in [2.05, 4.69) is 14.9 Å². The van der Waals surface area contributed by atoms with Crippen LogP contribution in [-0.4, -0.2) is 68.4 Å². The van der Waals surface area contributed by atoms with Crippen LogP contribution in [0.4, 0.5) is 0 Å². The minimum Gasteiger partial charge on any atom is -0.389 e. The normalized spacial score (nSPS) is 31.2. The molecule has 1 heterocycles. The predicted octanol–water partition coefficient (Wildman–Crippen LogP) is -0.970. The third-order valence-electron chi connectivity index (χ3n) is 4.27. The van der Waals surface area contributed by atoms with E-state index in [4.69, 9.17) is 0 Å². The van der Waals surface area contributed by atoms with Gasteiger partial charge in [0, 0.05) is 6.04 Å². The number of amides is 1. The summed E-state index contributed by atoms with van der Waals surface area (Å²) >= 11 is 0. The molecule has 1 saturated carbocycles. The second-order valence-corrected chi connectivity index (χ2v) is 7.83. The van der Waals surface area contributed by atoms with E-state index in [-0.39, 0.29) is 18.6 Å². The van der Waals surface area contributed by atoms with Crippen LogP contribution in [0.2, 0.25) is 0 Å². The molecule has 1 saturated heterocycles. The molecule has 0 radical (unpaired) electrons. The Morgan fingerprint density at radius 3 is 2.52 bits per heavy atom. The quantitative estimate of drug-likeness (QED) is 0.605. The van der Waals surface area contributed by atoms with Crippen molar-refractivity contribution in [2.45, 2.75) is 50.3 Å². The molecule has 21 heavy (non-hydrogen) atoms. The van der Waals surface area contributed by atoms with Crippen LogP contribution in [0, 0.1) is 0 Å². The Balaban J connectivity index is 1.85. The van der Waals surface area contributed by atoms with Crippen molar-refractivity contribution in [2.24, 2.45) is 0 Å². The van der Waals surface area contributed by atoms with E-state index < -0.39 is 22.0 Å². The van der Waals surface area contributed by atoms with Crippen LogP contribution >= 0.6 is 0 Å². The third-order valence-corrected chi connectivity index (χ3v) is 4.94. The smallest absolute Gasteiger partial charge is 0.235 e. The van der Waals surface area contributed by atoms with Crippen LogP contribution in [0.15, 0.2) is 0 Å². The van der Waals surface area contributed by atoms with Crippen LogP contribution in [0.1, 0.15) is 32.1 Å². The summed E-state index contributed by atoms with van der Waals surface area (Å²) in [6, 6.07) is -0.187. The summed E-state index contributed by atoms with van der Waals surface area (Å²) in [4.78, 5) is 14.1. The molecule has 1 aliphatic heterocycles. The molecule has 2 aliphatic rings. The van der Waals surface area contributed by atoms with E-state index in [1.807, 2.05) is 0 Å². The number of rotatable bonds is 5. The number of sulfonamides is 1. The lowest BCUT2D eigenvalue weighted by Crippen LogP contribution is -2.57. The van der Waals surface area contributed by atoms with Crippen molar-refractivity contribution in [1.82, 2.24) is 14.9 Å². The summed E-state index contributed by atoms with van der Waals surface area (Å²) in [5.41, 5.74) is 0. The Labute approximate surface area is 126 Å². The molecule has 0 aromatic carbocycles. The SMILES string of the molecule is CS(=O)(=O)NCC(=O)N[C@@H]1CCC[C@@H](N2CCCC2)[C@@H]1O.